The zero-order chi connectivity index (χ0) is 33.2. The molecule has 0 saturated heterocycles. The lowest BCUT2D eigenvalue weighted by Crippen LogP contribution is -2.12. The molecule has 46 heavy (non-hydrogen) atoms. The van der Waals surface area contributed by atoms with Crippen LogP contribution in [-0.2, 0) is 22.7 Å². The molecule has 0 bridgehead atoms. The lowest BCUT2D eigenvalue weighted by atomic mass is 9.90. The summed E-state index contributed by atoms with van der Waals surface area (Å²) in [7, 11) is 0. The average molecular weight is 629 g/mol. The highest BCUT2D eigenvalue weighted by Crippen LogP contribution is 2.40. The van der Waals surface area contributed by atoms with Gasteiger partial charge in [-0.05, 0) is 83.7 Å². The third-order valence-electron chi connectivity index (χ3n) is 8.66. The molecule has 4 rings (SSSR count). The van der Waals surface area contributed by atoms with Crippen LogP contribution in [0.5, 0.6) is 0 Å². The molecule has 9 heteroatoms. The summed E-state index contributed by atoms with van der Waals surface area (Å²) in [4.78, 5) is 35.9. The molecule has 0 N–H and O–H groups in total. The summed E-state index contributed by atoms with van der Waals surface area (Å²) in [5.41, 5.74) is 3.48. The summed E-state index contributed by atoms with van der Waals surface area (Å²) >= 11 is 0. The van der Waals surface area contributed by atoms with Gasteiger partial charge in [0.05, 0.1) is 9.85 Å². The van der Waals surface area contributed by atoms with Crippen LogP contribution < -0.4 is 0 Å². The standard InChI is InChI=1S/C37H44N2O7/c1-25(2)11-9-17-29-19-33(27-13-5-6-14-27)31(21-35(29)38(41)42)23-45-37(40)46-24-32-22-36(39(43)44)30(18-10-12-26(3)4)20-34(32)28-15-7-8-16-28/h19-22,25-28H,5-8,11-16,23-24H2,1-4H3. The topological polar surface area (TPSA) is 122 Å². The van der Waals surface area contributed by atoms with Crippen molar-refractivity contribution >= 4 is 17.5 Å². The van der Waals surface area contributed by atoms with Gasteiger partial charge in [0.15, 0.2) is 0 Å². The van der Waals surface area contributed by atoms with Crippen LogP contribution in [0.25, 0.3) is 0 Å². The number of hydrogen-bond donors (Lipinski definition) is 0. The summed E-state index contributed by atoms with van der Waals surface area (Å²) < 4.78 is 11.0. The van der Waals surface area contributed by atoms with Crippen molar-refractivity contribution in [3.63, 3.8) is 0 Å². The first kappa shape index (κ1) is 34.5. The molecule has 0 unspecified atom stereocenters. The minimum atomic E-state index is -0.943. The summed E-state index contributed by atoms with van der Waals surface area (Å²) in [6, 6.07) is 6.54. The Morgan fingerprint density at radius 3 is 1.41 bits per heavy atom. The number of nitro benzene ring substituents is 2. The average Bonchev–Trinajstić information content (AvgIpc) is 3.74. The van der Waals surface area contributed by atoms with Gasteiger partial charge in [0.1, 0.15) is 24.3 Å². The Morgan fingerprint density at radius 2 is 1.09 bits per heavy atom. The molecule has 0 atom stereocenters. The van der Waals surface area contributed by atoms with Gasteiger partial charge in [-0.2, -0.15) is 0 Å². The van der Waals surface area contributed by atoms with Crippen LogP contribution in [0.4, 0.5) is 16.2 Å². The summed E-state index contributed by atoms with van der Waals surface area (Å²) in [6.07, 6.45) is 8.39. The van der Waals surface area contributed by atoms with Gasteiger partial charge >= 0.3 is 6.16 Å². The second-order valence-electron chi connectivity index (χ2n) is 13.2. The Kier molecular flexibility index (Phi) is 12.2. The van der Waals surface area contributed by atoms with E-state index in [9.17, 15) is 25.0 Å². The molecule has 2 aliphatic carbocycles. The molecule has 0 heterocycles. The Morgan fingerprint density at radius 1 is 0.717 bits per heavy atom. The van der Waals surface area contributed by atoms with Crippen molar-refractivity contribution in [2.24, 2.45) is 11.8 Å². The van der Waals surface area contributed by atoms with E-state index in [4.69, 9.17) is 9.47 Å². The zero-order valence-corrected chi connectivity index (χ0v) is 27.4. The van der Waals surface area contributed by atoms with Crippen LogP contribution in [0, 0.1) is 55.7 Å². The van der Waals surface area contributed by atoms with Crippen LogP contribution in [0.1, 0.15) is 137 Å². The van der Waals surface area contributed by atoms with Crippen LogP contribution in [0.3, 0.4) is 0 Å². The molecule has 0 aliphatic heterocycles. The number of ether oxygens (including phenoxy) is 2. The van der Waals surface area contributed by atoms with E-state index >= 15 is 0 Å². The second kappa shape index (κ2) is 16.3. The molecular weight excluding hydrogens is 584 g/mol. The summed E-state index contributed by atoms with van der Waals surface area (Å²) in [6.45, 7) is 7.80. The largest absolute Gasteiger partial charge is 0.508 e. The number of hydrogen-bond acceptors (Lipinski definition) is 7. The molecule has 2 saturated carbocycles. The molecule has 0 amide bonds. The lowest BCUT2D eigenvalue weighted by Gasteiger charge is -2.18. The molecule has 244 valence electrons. The van der Waals surface area contributed by atoms with Gasteiger partial charge in [-0.25, -0.2) is 4.79 Å². The quantitative estimate of drug-likeness (QED) is 0.111. The van der Waals surface area contributed by atoms with Crippen molar-refractivity contribution in [1.82, 2.24) is 0 Å². The van der Waals surface area contributed by atoms with E-state index in [1.54, 1.807) is 12.1 Å². The maximum absolute atomic E-state index is 12.9. The summed E-state index contributed by atoms with van der Waals surface area (Å²) in [5.74, 6) is 13.2. The monoisotopic (exact) mass is 628 g/mol. The predicted octanol–water partition coefficient (Wildman–Crippen LogP) is 9.47. The van der Waals surface area contributed by atoms with Gasteiger partial charge in [0.25, 0.3) is 11.4 Å². The third-order valence-corrected chi connectivity index (χ3v) is 8.66. The fourth-order valence-electron chi connectivity index (χ4n) is 6.30. The van der Waals surface area contributed by atoms with E-state index in [0.717, 1.165) is 62.5 Å². The predicted molar refractivity (Wildman–Crippen MR) is 176 cm³/mol. The minimum absolute atomic E-state index is 0.116. The van der Waals surface area contributed by atoms with E-state index < -0.39 is 16.0 Å². The van der Waals surface area contributed by atoms with Crippen molar-refractivity contribution in [2.45, 2.75) is 117 Å². The Labute approximate surface area is 271 Å². The third kappa shape index (κ3) is 9.33. The highest BCUT2D eigenvalue weighted by molar-refractivity contribution is 5.62. The van der Waals surface area contributed by atoms with E-state index in [-0.39, 0.29) is 36.4 Å². The molecule has 2 fully saturated rings. The van der Waals surface area contributed by atoms with Crippen molar-refractivity contribution < 1.29 is 24.1 Å². The Hall–Kier alpha value is -4.37. The van der Waals surface area contributed by atoms with Crippen molar-refractivity contribution in [2.75, 3.05) is 0 Å². The zero-order valence-electron chi connectivity index (χ0n) is 27.4. The van der Waals surface area contributed by atoms with Crippen molar-refractivity contribution in [1.29, 1.82) is 0 Å². The van der Waals surface area contributed by atoms with Crippen molar-refractivity contribution in [3.8, 4) is 23.7 Å². The number of carbonyl (C=O) groups is 1. The summed E-state index contributed by atoms with van der Waals surface area (Å²) in [5, 5.41) is 24.0. The van der Waals surface area contributed by atoms with E-state index in [2.05, 4.69) is 23.7 Å². The smallest absolute Gasteiger partial charge is 0.429 e. The SMILES string of the molecule is CC(C)CC#Cc1cc(C2CCCC2)c(COC(=O)OCc2cc([N+](=O)[O-])c(C#CCC(C)C)cc2C2CCCC2)cc1[N+](=O)[O-]. The second-order valence-corrected chi connectivity index (χ2v) is 13.2. The van der Waals surface area contributed by atoms with Gasteiger partial charge < -0.3 is 9.47 Å². The fourth-order valence-corrected chi connectivity index (χ4v) is 6.30. The molecule has 0 aromatic heterocycles. The lowest BCUT2D eigenvalue weighted by molar-refractivity contribution is -0.385. The normalized spacial score (nSPS) is 14.9. The van der Waals surface area contributed by atoms with Crippen LogP contribution in [-0.4, -0.2) is 16.0 Å². The first-order chi connectivity index (χ1) is 22.0. The molecule has 9 nitrogen and oxygen atoms in total. The fraction of sp³-hybridized carbons (Fsp3) is 0.541. The highest BCUT2D eigenvalue weighted by Gasteiger charge is 2.27. The molecule has 0 radical (unpaired) electrons. The molecule has 0 spiro atoms. The van der Waals surface area contributed by atoms with Crippen LogP contribution in [0.15, 0.2) is 24.3 Å². The Bertz CT molecular complexity index is 1440. The van der Waals surface area contributed by atoms with E-state index in [1.165, 1.54) is 12.1 Å². The first-order valence-electron chi connectivity index (χ1n) is 16.4. The maximum atomic E-state index is 12.9. The van der Waals surface area contributed by atoms with Gasteiger partial charge in [0.2, 0.25) is 0 Å². The van der Waals surface area contributed by atoms with Crippen LogP contribution >= 0.6 is 0 Å². The molecular formula is C37H44N2O7. The van der Waals surface area contributed by atoms with Gasteiger partial charge in [-0.15, -0.1) is 0 Å². The molecule has 2 aliphatic rings. The van der Waals surface area contributed by atoms with Crippen molar-refractivity contribution in [3.05, 3.63) is 77.9 Å². The molecule has 2 aromatic carbocycles. The van der Waals surface area contributed by atoms with Gasteiger partial charge in [-0.1, -0.05) is 77.1 Å². The number of rotatable bonds is 10. The van der Waals surface area contributed by atoms with E-state index in [0.29, 0.717) is 46.9 Å². The van der Waals surface area contributed by atoms with Crippen LogP contribution in [0.2, 0.25) is 0 Å². The van der Waals surface area contributed by atoms with Gasteiger partial charge in [0, 0.05) is 25.0 Å². The number of carbonyl (C=O) groups excluding carboxylic acids is 1. The first-order valence-corrected chi connectivity index (χ1v) is 16.4. The minimum Gasteiger partial charge on any atom is -0.429 e. The van der Waals surface area contributed by atoms with Gasteiger partial charge in [-0.3, -0.25) is 20.2 Å². The number of nitrogens with zero attached hydrogens (tertiary/aromatic N) is 2. The Balaban J connectivity index is 1.55. The molecule has 2 aromatic rings. The number of benzene rings is 2. The highest BCUT2D eigenvalue weighted by atomic mass is 16.7. The van der Waals surface area contributed by atoms with E-state index in [1.807, 2.05) is 27.7 Å². The number of nitro groups is 2. The maximum Gasteiger partial charge on any atom is 0.508 e.